The van der Waals surface area contributed by atoms with E-state index in [0.717, 1.165) is 11.1 Å². The topological polar surface area (TPSA) is 111 Å². The minimum atomic E-state index is 0.0636. The molecular weight excluding hydrogens is 344 g/mol. The molecule has 2 aromatic heterocycles. The zero-order valence-corrected chi connectivity index (χ0v) is 14.8. The lowest BCUT2D eigenvalue weighted by Crippen LogP contribution is -2.32. The fraction of sp³-hybridized carbons (Fsp3) is 0.211. The van der Waals surface area contributed by atoms with Gasteiger partial charge in [0.2, 0.25) is 11.8 Å². The molecule has 3 heterocycles. The number of aromatic nitrogens is 4. The average molecular weight is 362 g/mol. The van der Waals surface area contributed by atoms with Crippen LogP contribution < -0.4 is 5.73 Å². The van der Waals surface area contributed by atoms with E-state index in [2.05, 4.69) is 20.2 Å². The van der Waals surface area contributed by atoms with Crippen molar-refractivity contribution in [2.45, 2.75) is 13.3 Å². The van der Waals surface area contributed by atoms with Crippen molar-refractivity contribution >= 4 is 17.3 Å². The van der Waals surface area contributed by atoms with Gasteiger partial charge in [-0.25, -0.2) is 9.97 Å². The zero-order valence-electron chi connectivity index (χ0n) is 14.8. The van der Waals surface area contributed by atoms with Crippen molar-refractivity contribution in [3.63, 3.8) is 0 Å². The molecule has 0 atom stereocenters. The highest BCUT2D eigenvalue weighted by molar-refractivity contribution is 5.76. The molecular formula is C19H18N6O2. The van der Waals surface area contributed by atoms with Gasteiger partial charge < -0.3 is 15.1 Å². The third-order valence-electron chi connectivity index (χ3n) is 4.43. The largest absolute Gasteiger partial charge is 0.414 e. The maximum Gasteiger partial charge on any atom is 0.270 e. The maximum absolute atomic E-state index is 11.5. The first-order chi connectivity index (χ1) is 13.1. The lowest BCUT2D eigenvalue weighted by molar-refractivity contribution is -0.128. The van der Waals surface area contributed by atoms with Crippen molar-refractivity contribution in [2.24, 2.45) is 0 Å². The number of hydrogen-bond acceptors (Lipinski definition) is 7. The summed E-state index contributed by atoms with van der Waals surface area (Å²) in [6.45, 7) is 2.78. The predicted octanol–water partition coefficient (Wildman–Crippen LogP) is 2.41. The van der Waals surface area contributed by atoms with Crippen LogP contribution in [0.4, 0.5) is 5.82 Å². The molecule has 2 N–H and O–H groups in total. The second-order valence-electron chi connectivity index (χ2n) is 6.21. The summed E-state index contributed by atoms with van der Waals surface area (Å²) >= 11 is 0. The number of amides is 1. The Kier molecular flexibility index (Phi) is 4.37. The molecule has 0 radical (unpaired) electrons. The van der Waals surface area contributed by atoms with Gasteiger partial charge in [-0.05, 0) is 24.1 Å². The number of hydrogen-bond donors (Lipinski definition) is 1. The lowest BCUT2D eigenvalue weighted by atomic mass is 10.1. The van der Waals surface area contributed by atoms with Crippen molar-refractivity contribution in [2.75, 3.05) is 18.8 Å². The van der Waals surface area contributed by atoms with E-state index in [1.54, 1.807) is 18.0 Å². The molecule has 0 aliphatic carbocycles. The van der Waals surface area contributed by atoms with E-state index in [4.69, 9.17) is 10.2 Å². The third kappa shape index (κ3) is 3.41. The van der Waals surface area contributed by atoms with Crippen LogP contribution in [0.5, 0.6) is 0 Å². The van der Waals surface area contributed by atoms with E-state index in [1.165, 1.54) is 0 Å². The molecule has 8 nitrogen and oxygen atoms in total. The molecule has 1 amide bonds. The smallest absolute Gasteiger partial charge is 0.270 e. The Morgan fingerprint density at radius 1 is 1.19 bits per heavy atom. The van der Waals surface area contributed by atoms with Crippen LogP contribution in [-0.2, 0) is 4.79 Å². The Morgan fingerprint density at radius 2 is 1.96 bits per heavy atom. The fourth-order valence-corrected chi connectivity index (χ4v) is 2.91. The van der Waals surface area contributed by atoms with E-state index in [0.29, 0.717) is 36.8 Å². The van der Waals surface area contributed by atoms with Crippen LogP contribution in [0.25, 0.3) is 28.6 Å². The van der Waals surface area contributed by atoms with Gasteiger partial charge in [0.15, 0.2) is 11.5 Å². The second kappa shape index (κ2) is 6.99. The molecule has 0 spiro atoms. The number of rotatable bonds is 3. The minimum Gasteiger partial charge on any atom is -0.414 e. The minimum absolute atomic E-state index is 0.0636. The van der Waals surface area contributed by atoms with E-state index < -0.39 is 0 Å². The van der Waals surface area contributed by atoms with Crippen LogP contribution in [-0.4, -0.2) is 44.1 Å². The van der Waals surface area contributed by atoms with Crippen LogP contribution in [0, 0.1) is 0 Å². The van der Waals surface area contributed by atoms with Crippen LogP contribution in [0.15, 0.2) is 47.0 Å². The molecule has 4 rings (SSSR count). The molecule has 0 fully saturated rings. The molecule has 0 saturated heterocycles. The fourth-order valence-electron chi connectivity index (χ4n) is 2.91. The van der Waals surface area contributed by atoms with Crippen molar-refractivity contribution in [3.05, 3.63) is 48.3 Å². The first kappa shape index (κ1) is 16.9. The normalized spacial score (nSPS) is 14.1. The van der Waals surface area contributed by atoms with E-state index in [9.17, 15) is 4.79 Å². The summed E-state index contributed by atoms with van der Waals surface area (Å²) in [6.07, 6.45) is 4.32. The lowest BCUT2D eigenvalue weighted by Gasteiger charge is -2.25. The molecule has 0 saturated carbocycles. The number of nitrogens with zero attached hydrogens (tertiary/aromatic N) is 5. The highest BCUT2D eigenvalue weighted by atomic mass is 16.4. The van der Waals surface area contributed by atoms with Crippen LogP contribution in [0.2, 0.25) is 0 Å². The van der Waals surface area contributed by atoms with Crippen molar-refractivity contribution in [1.82, 2.24) is 25.1 Å². The van der Waals surface area contributed by atoms with Crippen LogP contribution in [0.1, 0.15) is 19.0 Å². The maximum atomic E-state index is 11.5. The van der Waals surface area contributed by atoms with E-state index >= 15 is 0 Å². The van der Waals surface area contributed by atoms with Gasteiger partial charge in [0.25, 0.3) is 5.89 Å². The van der Waals surface area contributed by atoms with Crippen molar-refractivity contribution < 1.29 is 9.21 Å². The summed E-state index contributed by atoms with van der Waals surface area (Å²) < 4.78 is 5.75. The summed E-state index contributed by atoms with van der Waals surface area (Å²) in [6, 6.07) is 9.48. The van der Waals surface area contributed by atoms with E-state index in [1.807, 2.05) is 36.4 Å². The molecule has 0 unspecified atom stereocenters. The summed E-state index contributed by atoms with van der Waals surface area (Å²) in [5.41, 5.74) is 8.88. The average Bonchev–Trinajstić information content (AvgIpc) is 3.19. The zero-order chi connectivity index (χ0) is 18.8. The monoisotopic (exact) mass is 362 g/mol. The Hall–Kier alpha value is -3.55. The highest BCUT2D eigenvalue weighted by Gasteiger charge is 2.20. The van der Waals surface area contributed by atoms with E-state index in [-0.39, 0.29) is 17.6 Å². The first-order valence-corrected chi connectivity index (χ1v) is 8.58. The quantitative estimate of drug-likeness (QED) is 0.761. The second-order valence-corrected chi connectivity index (χ2v) is 6.21. The van der Waals surface area contributed by atoms with Crippen molar-refractivity contribution in [3.8, 4) is 23.0 Å². The number of anilines is 1. The van der Waals surface area contributed by atoms with Gasteiger partial charge in [0.05, 0.1) is 11.9 Å². The molecule has 3 aromatic rings. The Labute approximate surface area is 155 Å². The number of nitrogen functional groups attached to an aromatic ring is 1. The summed E-state index contributed by atoms with van der Waals surface area (Å²) in [5.74, 6) is 0.908. The molecule has 1 aromatic carbocycles. The first-order valence-electron chi connectivity index (χ1n) is 8.58. The molecule has 0 bridgehead atoms. The van der Waals surface area contributed by atoms with Gasteiger partial charge >= 0.3 is 0 Å². The molecule has 1 aliphatic heterocycles. The van der Waals surface area contributed by atoms with Gasteiger partial charge in [-0.1, -0.05) is 24.3 Å². The number of nitrogens with two attached hydrogens (primary N) is 1. The SMILES string of the molecule is CC(=O)N1CC=C(c2cnc(N)c(-c3nnc(-c4ccccc4)o3)n2)CC1. The summed E-state index contributed by atoms with van der Waals surface area (Å²) in [4.78, 5) is 22.1. The Morgan fingerprint density at radius 3 is 2.67 bits per heavy atom. The standard InChI is InChI=1S/C19H18N6O2/c1-12(26)25-9-7-13(8-10-25)15-11-21-17(20)16(22-15)19-24-23-18(27-19)14-5-3-2-4-6-14/h2-7,11H,8-10H2,1H3,(H2,20,21). The summed E-state index contributed by atoms with van der Waals surface area (Å²) in [5, 5.41) is 8.15. The van der Waals surface area contributed by atoms with Crippen LogP contribution >= 0.6 is 0 Å². The van der Waals surface area contributed by atoms with Gasteiger partial charge in [-0.2, -0.15) is 0 Å². The van der Waals surface area contributed by atoms with Gasteiger partial charge in [0.1, 0.15) is 0 Å². The van der Waals surface area contributed by atoms with Gasteiger partial charge in [-0.3, -0.25) is 4.79 Å². The molecule has 27 heavy (non-hydrogen) atoms. The Balaban J connectivity index is 1.64. The summed E-state index contributed by atoms with van der Waals surface area (Å²) in [7, 11) is 0. The third-order valence-corrected chi connectivity index (χ3v) is 4.43. The van der Waals surface area contributed by atoms with Gasteiger partial charge in [0, 0.05) is 25.6 Å². The molecule has 8 heteroatoms. The highest BCUT2D eigenvalue weighted by Crippen LogP contribution is 2.28. The number of benzene rings is 1. The van der Waals surface area contributed by atoms with Gasteiger partial charge in [-0.15, -0.1) is 10.2 Å². The molecule has 1 aliphatic rings. The predicted molar refractivity (Wildman–Crippen MR) is 100 cm³/mol. The van der Waals surface area contributed by atoms with Crippen LogP contribution in [0.3, 0.4) is 0 Å². The number of carbonyl (C=O) groups is 1. The Bertz CT molecular complexity index is 1010. The molecule has 136 valence electrons. The van der Waals surface area contributed by atoms with Crippen molar-refractivity contribution in [1.29, 1.82) is 0 Å². The number of carbonyl (C=O) groups excluding carboxylic acids is 1.